The Balaban J connectivity index is 1.94. The highest BCUT2D eigenvalue weighted by Crippen LogP contribution is 2.38. The van der Waals surface area contributed by atoms with Gasteiger partial charge in [-0.15, -0.1) is 11.8 Å². The summed E-state index contributed by atoms with van der Waals surface area (Å²) in [5.41, 5.74) is -0.262. The highest BCUT2D eigenvalue weighted by atomic mass is 32.2. The second-order valence-corrected chi connectivity index (χ2v) is 7.95. The van der Waals surface area contributed by atoms with Crippen molar-refractivity contribution >= 4 is 11.8 Å². The fourth-order valence-corrected chi connectivity index (χ4v) is 3.85. The van der Waals surface area contributed by atoms with E-state index >= 15 is 0 Å². The molecule has 0 aliphatic heterocycles. The molecule has 0 radical (unpaired) electrons. The molecule has 0 bridgehead atoms. The van der Waals surface area contributed by atoms with E-state index in [1.54, 1.807) is 42.5 Å². The summed E-state index contributed by atoms with van der Waals surface area (Å²) in [4.78, 5) is 4.35. The lowest BCUT2D eigenvalue weighted by molar-refractivity contribution is -0.138. The van der Waals surface area contributed by atoms with Crippen molar-refractivity contribution in [2.45, 2.75) is 36.7 Å². The lowest BCUT2D eigenvalue weighted by atomic mass is 10.1. The summed E-state index contributed by atoms with van der Waals surface area (Å²) in [6.45, 7) is 2.61. The number of rotatable bonds is 8. The van der Waals surface area contributed by atoms with E-state index in [2.05, 4.69) is 4.98 Å². The number of thioether (sulfide) groups is 1. The Morgan fingerprint density at radius 1 is 1.06 bits per heavy atom. The van der Waals surface area contributed by atoms with Crippen molar-refractivity contribution in [3.8, 4) is 23.1 Å². The van der Waals surface area contributed by atoms with Crippen LogP contribution >= 0.6 is 11.8 Å². The minimum absolute atomic E-state index is 0.0232. The Hall–Kier alpha value is -3.05. The topological polar surface area (TPSA) is 45.9 Å². The second-order valence-electron chi connectivity index (χ2n) is 6.99. The number of ether oxygens (including phenoxy) is 1. The molecule has 0 spiro atoms. The standard InChI is InChI=1S/C24H20F4N2OS/c1-2-3-12-31-19-10-6-17(7-11-19)22-13-21(24(26,27)28)20(14-29)23(30-22)32-15-16-4-8-18(25)9-5-16/h4-11,13H,2-3,12,15H2,1H3. The molecule has 1 heterocycles. The van der Waals surface area contributed by atoms with Crippen LogP contribution in [0.25, 0.3) is 11.3 Å². The maximum absolute atomic E-state index is 13.7. The molecule has 0 atom stereocenters. The molecule has 0 aliphatic carbocycles. The number of halogens is 4. The van der Waals surface area contributed by atoms with E-state index in [1.165, 1.54) is 12.1 Å². The van der Waals surface area contributed by atoms with Gasteiger partial charge in [0, 0.05) is 11.3 Å². The number of nitrogens with zero attached hydrogens (tertiary/aromatic N) is 2. The van der Waals surface area contributed by atoms with E-state index in [0.717, 1.165) is 30.7 Å². The van der Waals surface area contributed by atoms with Gasteiger partial charge in [0.05, 0.1) is 23.4 Å². The van der Waals surface area contributed by atoms with Gasteiger partial charge in [-0.25, -0.2) is 9.37 Å². The van der Waals surface area contributed by atoms with Gasteiger partial charge in [-0.2, -0.15) is 18.4 Å². The zero-order valence-corrected chi connectivity index (χ0v) is 18.1. The average molecular weight is 460 g/mol. The predicted octanol–water partition coefficient (Wildman–Crippen LogP) is 7.25. The first-order valence-corrected chi connectivity index (χ1v) is 10.9. The largest absolute Gasteiger partial charge is 0.494 e. The second kappa shape index (κ2) is 10.5. The number of hydrogen-bond acceptors (Lipinski definition) is 4. The van der Waals surface area contributed by atoms with Crippen molar-refractivity contribution in [2.24, 2.45) is 0 Å². The van der Waals surface area contributed by atoms with Crippen LogP contribution in [0.2, 0.25) is 0 Å². The Morgan fingerprint density at radius 3 is 2.34 bits per heavy atom. The third kappa shape index (κ3) is 6.01. The fraction of sp³-hybridized carbons (Fsp3) is 0.250. The Morgan fingerprint density at radius 2 is 1.75 bits per heavy atom. The average Bonchev–Trinajstić information content (AvgIpc) is 2.78. The van der Waals surface area contributed by atoms with Crippen LogP contribution < -0.4 is 4.74 Å². The minimum Gasteiger partial charge on any atom is -0.494 e. The number of hydrogen-bond donors (Lipinski definition) is 0. The zero-order chi connectivity index (χ0) is 23.1. The SMILES string of the molecule is CCCCOc1ccc(-c2cc(C(F)(F)F)c(C#N)c(SCc3ccc(F)cc3)n2)cc1. The van der Waals surface area contributed by atoms with Crippen molar-refractivity contribution in [3.63, 3.8) is 0 Å². The Kier molecular flexibility index (Phi) is 7.75. The normalized spacial score (nSPS) is 11.2. The summed E-state index contributed by atoms with van der Waals surface area (Å²) < 4.78 is 59.8. The van der Waals surface area contributed by atoms with Crippen LogP contribution in [0.1, 0.15) is 36.5 Å². The summed E-state index contributed by atoms with van der Waals surface area (Å²) in [5.74, 6) is 0.461. The summed E-state index contributed by atoms with van der Waals surface area (Å²) in [6, 6.07) is 14.8. The molecule has 0 unspecified atom stereocenters. The van der Waals surface area contributed by atoms with Gasteiger partial charge in [0.25, 0.3) is 0 Å². The van der Waals surface area contributed by atoms with Gasteiger partial charge >= 0.3 is 6.18 Å². The van der Waals surface area contributed by atoms with Crippen LogP contribution in [0.5, 0.6) is 5.75 Å². The van der Waals surface area contributed by atoms with Gasteiger partial charge in [-0.1, -0.05) is 25.5 Å². The molecule has 166 valence electrons. The van der Waals surface area contributed by atoms with Gasteiger partial charge < -0.3 is 4.74 Å². The molecule has 32 heavy (non-hydrogen) atoms. The number of nitriles is 1. The van der Waals surface area contributed by atoms with E-state index in [0.29, 0.717) is 23.5 Å². The van der Waals surface area contributed by atoms with Crippen LogP contribution in [-0.4, -0.2) is 11.6 Å². The van der Waals surface area contributed by atoms with Crippen molar-refractivity contribution < 1.29 is 22.3 Å². The zero-order valence-electron chi connectivity index (χ0n) is 17.2. The van der Waals surface area contributed by atoms with Crippen molar-refractivity contribution in [2.75, 3.05) is 6.61 Å². The molecule has 0 saturated heterocycles. The molecule has 0 saturated carbocycles. The number of pyridine rings is 1. The first-order chi connectivity index (χ1) is 15.3. The number of unbranched alkanes of at least 4 members (excludes halogenated alkanes) is 1. The fourth-order valence-electron chi connectivity index (χ4n) is 2.89. The molecule has 0 amide bonds. The van der Waals surface area contributed by atoms with Crippen LogP contribution in [0.3, 0.4) is 0 Å². The van der Waals surface area contributed by atoms with Crippen LogP contribution in [0.4, 0.5) is 17.6 Å². The smallest absolute Gasteiger partial charge is 0.417 e. The minimum atomic E-state index is -4.71. The molecular formula is C24H20F4N2OS. The summed E-state index contributed by atoms with van der Waals surface area (Å²) in [6.07, 6.45) is -2.81. The molecule has 0 N–H and O–H groups in total. The molecule has 3 rings (SSSR count). The quantitative estimate of drug-likeness (QED) is 0.202. The van der Waals surface area contributed by atoms with E-state index < -0.39 is 23.1 Å². The van der Waals surface area contributed by atoms with Crippen LogP contribution in [0, 0.1) is 17.1 Å². The van der Waals surface area contributed by atoms with Gasteiger partial charge in [0.1, 0.15) is 22.7 Å². The molecule has 3 aromatic rings. The highest BCUT2D eigenvalue weighted by molar-refractivity contribution is 7.98. The van der Waals surface area contributed by atoms with Crippen molar-refractivity contribution in [3.05, 3.63) is 77.1 Å². The maximum atomic E-state index is 13.7. The third-order valence-corrected chi connectivity index (χ3v) is 5.66. The lowest BCUT2D eigenvalue weighted by Crippen LogP contribution is -2.10. The molecule has 1 aromatic heterocycles. The van der Waals surface area contributed by atoms with Gasteiger partial charge in [0.2, 0.25) is 0 Å². The number of benzene rings is 2. The first-order valence-electron chi connectivity index (χ1n) is 9.94. The van der Waals surface area contributed by atoms with E-state index in [9.17, 15) is 22.8 Å². The molecule has 0 fully saturated rings. The molecule has 8 heteroatoms. The summed E-state index contributed by atoms with van der Waals surface area (Å²) in [7, 11) is 0. The van der Waals surface area contributed by atoms with Crippen molar-refractivity contribution in [1.82, 2.24) is 4.98 Å². The summed E-state index contributed by atoms with van der Waals surface area (Å²) >= 11 is 1.01. The maximum Gasteiger partial charge on any atom is 0.417 e. The Bertz CT molecular complexity index is 1090. The van der Waals surface area contributed by atoms with Crippen LogP contribution in [0.15, 0.2) is 59.6 Å². The molecule has 3 nitrogen and oxygen atoms in total. The summed E-state index contributed by atoms with van der Waals surface area (Å²) in [5, 5.41) is 9.40. The third-order valence-electron chi connectivity index (χ3n) is 4.61. The van der Waals surface area contributed by atoms with E-state index in [-0.39, 0.29) is 16.5 Å². The predicted molar refractivity (Wildman–Crippen MR) is 116 cm³/mol. The highest BCUT2D eigenvalue weighted by Gasteiger charge is 2.36. The van der Waals surface area contributed by atoms with Crippen LogP contribution in [-0.2, 0) is 11.9 Å². The number of aromatic nitrogens is 1. The first kappa shape index (κ1) is 23.6. The van der Waals surface area contributed by atoms with Crippen molar-refractivity contribution in [1.29, 1.82) is 5.26 Å². The van der Waals surface area contributed by atoms with E-state index in [4.69, 9.17) is 4.74 Å². The van der Waals surface area contributed by atoms with Gasteiger partial charge in [0.15, 0.2) is 0 Å². The lowest BCUT2D eigenvalue weighted by Gasteiger charge is -2.14. The number of alkyl halides is 3. The molecule has 0 aliphatic rings. The van der Waals surface area contributed by atoms with E-state index in [1.807, 2.05) is 6.92 Å². The van der Waals surface area contributed by atoms with Gasteiger partial charge in [-0.05, 0) is 54.4 Å². The monoisotopic (exact) mass is 460 g/mol. The molecule has 2 aromatic carbocycles. The molecular weight excluding hydrogens is 440 g/mol. The van der Waals surface area contributed by atoms with Gasteiger partial charge in [-0.3, -0.25) is 0 Å². The Labute approximate surface area is 188 Å².